The quantitative estimate of drug-likeness (QED) is 0.779. The summed E-state index contributed by atoms with van der Waals surface area (Å²) in [6.45, 7) is 7.17. The van der Waals surface area contributed by atoms with Gasteiger partial charge in [-0.1, -0.05) is 39.5 Å². The predicted molar refractivity (Wildman–Crippen MR) is 68.1 cm³/mol. The monoisotopic (exact) mass is 256 g/mol. The molecule has 0 aliphatic rings. The van der Waals surface area contributed by atoms with Gasteiger partial charge in [0.1, 0.15) is 0 Å². The van der Waals surface area contributed by atoms with E-state index in [-0.39, 0.29) is 11.2 Å². The van der Waals surface area contributed by atoms with E-state index in [2.05, 4.69) is 11.3 Å². The lowest BCUT2D eigenvalue weighted by Gasteiger charge is -2.20. The van der Waals surface area contributed by atoms with Crippen molar-refractivity contribution in [1.29, 1.82) is 0 Å². The lowest BCUT2D eigenvalue weighted by molar-refractivity contribution is -0.0517. The molecule has 0 N–H and O–H groups in total. The van der Waals surface area contributed by atoms with Crippen LogP contribution >= 0.6 is 0 Å². The highest BCUT2D eigenvalue weighted by Gasteiger charge is 2.15. The zero-order valence-corrected chi connectivity index (χ0v) is 10.9. The van der Waals surface area contributed by atoms with Crippen molar-refractivity contribution in [3.05, 3.63) is 30.3 Å². The molecule has 0 spiro atoms. The zero-order chi connectivity index (χ0) is 13.8. The van der Waals surface area contributed by atoms with Crippen molar-refractivity contribution in [2.24, 2.45) is 5.41 Å². The van der Waals surface area contributed by atoms with E-state index < -0.39 is 6.61 Å². The van der Waals surface area contributed by atoms with Crippen LogP contribution in [0.4, 0.5) is 8.78 Å². The molecule has 18 heavy (non-hydrogen) atoms. The van der Waals surface area contributed by atoms with Gasteiger partial charge in [0.2, 0.25) is 0 Å². The van der Waals surface area contributed by atoms with E-state index in [1.807, 2.05) is 20.8 Å². The Bertz CT molecular complexity index is 409. The van der Waals surface area contributed by atoms with E-state index in [9.17, 15) is 8.78 Å². The largest absolute Gasteiger partial charge is 0.489 e. The molecule has 0 aromatic heterocycles. The van der Waals surface area contributed by atoms with Gasteiger partial charge in [0.05, 0.1) is 6.61 Å². The maximum atomic E-state index is 12.3. The van der Waals surface area contributed by atoms with Crippen molar-refractivity contribution < 1.29 is 18.3 Å². The molecule has 0 atom stereocenters. The third-order valence-corrected chi connectivity index (χ3v) is 2.08. The Labute approximate surface area is 106 Å². The minimum atomic E-state index is -2.86. The standard InChI is InChI=1S/C14H18F2O2/c1-5-10-6-7-11(18-13(15)16)12(8-10)17-9-14(2,3)4/h5-8,13H,1,9H2,2-4H3. The number of halogens is 2. The number of rotatable bonds is 5. The Morgan fingerprint density at radius 1 is 1.28 bits per heavy atom. The number of hydrogen-bond donors (Lipinski definition) is 0. The summed E-state index contributed by atoms with van der Waals surface area (Å²) in [6, 6.07) is 4.74. The van der Waals surface area contributed by atoms with E-state index in [0.29, 0.717) is 12.4 Å². The molecule has 0 aliphatic carbocycles. The molecule has 0 heterocycles. The number of ether oxygens (including phenoxy) is 2. The minimum absolute atomic E-state index is 0.0415. The second-order valence-corrected chi connectivity index (χ2v) is 5.14. The maximum Gasteiger partial charge on any atom is 0.387 e. The molecule has 4 heteroatoms. The van der Waals surface area contributed by atoms with Gasteiger partial charge in [-0.2, -0.15) is 8.78 Å². The highest BCUT2D eigenvalue weighted by molar-refractivity contribution is 5.54. The fourth-order valence-corrected chi connectivity index (χ4v) is 1.25. The van der Waals surface area contributed by atoms with E-state index >= 15 is 0 Å². The fraction of sp³-hybridized carbons (Fsp3) is 0.429. The normalized spacial score (nSPS) is 11.4. The lowest BCUT2D eigenvalue weighted by Crippen LogP contribution is -2.17. The lowest BCUT2D eigenvalue weighted by atomic mass is 9.99. The smallest absolute Gasteiger partial charge is 0.387 e. The second-order valence-electron chi connectivity index (χ2n) is 5.14. The first-order valence-corrected chi connectivity index (χ1v) is 5.66. The van der Waals surface area contributed by atoms with Crippen LogP contribution in [0.1, 0.15) is 26.3 Å². The summed E-state index contributed by atoms with van der Waals surface area (Å²) in [5, 5.41) is 0. The molecule has 100 valence electrons. The summed E-state index contributed by atoms with van der Waals surface area (Å²) in [6.07, 6.45) is 1.62. The minimum Gasteiger partial charge on any atom is -0.489 e. The van der Waals surface area contributed by atoms with Crippen LogP contribution in [0.2, 0.25) is 0 Å². The van der Waals surface area contributed by atoms with Crippen LogP contribution in [0.25, 0.3) is 6.08 Å². The van der Waals surface area contributed by atoms with Crippen LogP contribution in [0, 0.1) is 5.41 Å². The van der Waals surface area contributed by atoms with Gasteiger partial charge in [0.25, 0.3) is 0 Å². The Morgan fingerprint density at radius 3 is 2.44 bits per heavy atom. The Balaban J connectivity index is 2.92. The average Bonchev–Trinajstić information content (AvgIpc) is 2.26. The summed E-state index contributed by atoms with van der Waals surface area (Å²) in [4.78, 5) is 0. The molecule has 1 rings (SSSR count). The maximum absolute atomic E-state index is 12.3. The summed E-state index contributed by atoms with van der Waals surface area (Å²) in [7, 11) is 0. The van der Waals surface area contributed by atoms with Crippen molar-refractivity contribution in [3.63, 3.8) is 0 Å². The second kappa shape index (κ2) is 5.85. The SMILES string of the molecule is C=Cc1ccc(OC(F)F)c(OCC(C)(C)C)c1. The molecule has 0 radical (unpaired) electrons. The third kappa shape index (κ3) is 4.73. The molecule has 1 aromatic rings. The van der Waals surface area contributed by atoms with Crippen LogP contribution in [-0.2, 0) is 0 Å². The molecular formula is C14H18F2O2. The van der Waals surface area contributed by atoms with E-state index in [0.717, 1.165) is 5.56 Å². The number of hydrogen-bond acceptors (Lipinski definition) is 2. The molecule has 2 nitrogen and oxygen atoms in total. The molecule has 0 fully saturated rings. The van der Waals surface area contributed by atoms with Gasteiger partial charge in [-0.3, -0.25) is 0 Å². The van der Waals surface area contributed by atoms with Gasteiger partial charge in [0.15, 0.2) is 11.5 Å². The van der Waals surface area contributed by atoms with Gasteiger partial charge in [-0.05, 0) is 23.1 Å². The van der Waals surface area contributed by atoms with Crippen molar-refractivity contribution in [3.8, 4) is 11.5 Å². The first-order valence-electron chi connectivity index (χ1n) is 5.66. The van der Waals surface area contributed by atoms with E-state index in [4.69, 9.17) is 4.74 Å². The van der Waals surface area contributed by atoms with Crippen LogP contribution in [-0.4, -0.2) is 13.2 Å². The summed E-state index contributed by atoms with van der Waals surface area (Å²) in [5.74, 6) is 0.350. The highest BCUT2D eigenvalue weighted by atomic mass is 19.3. The van der Waals surface area contributed by atoms with Gasteiger partial charge in [0, 0.05) is 0 Å². The number of alkyl halides is 2. The van der Waals surface area contributed by atoms with Crippen molar-refractivity contribution >= 4 is 6.08 Å². The van der Waals surface area contributed by atoms with Gasteiger partial charge in [-0.15, -0.1) is 0 Å². The predicted octanol–water partition coefficient (Wildman–Crippen LogP) is 4.36. The van der Waals surface area contributed by atoms with Crippen molar-refractivity contribution in [2.75, 3.05) is 6.61 Å². The Kier molecular flexibility index (Phi) is 4.70. The molecule has 0 bridgehead atoms. The molecule has 0 saturated carbocycles. The molecule has 0 aliphatic heterocycles. The van der Waals surface area contributed by atoms with Crippen molar-refractivity contribution in [2.45, 2.75) is 27.4 Å². The van der Waals surface area contributed by atoms with Gasteiger partial charge in [-0.25, -0.2) is 0 Å². The number of benzene rings is 1. The van der Waals surface area contributed by atoms with Crippen LogP contribution in [0.15, 0.2) is 24.8 Å². The zero-order valence-electron chi connectivity index (χ0n) is 10.9. The highest BCUT2D eigenvalue weighted by Crippen LogP contribution is 2.31. The first kappa shape index (κ1) is 14.5. The third-order valence-electron chi connectivity index (χ3n) is 2.08. The van der Waals surface area contributed by atoms with Gasteiger partial charge >= 0.3 is 6.61 Å². The molecule has 0 amide bonds. The molecule has 0 unspecified atom stereocenters. The topological polar surface area (TPSA) is 18.5 Å². The summed E-state index contributed by atoms with van der Waals surface area (Å²) in [5.41, 5.74) is 0.729. The average molecular weight is 256 g/mol. The molecule has 1 aromatic carbocycles. The molecular weight excluding hydrogens is 238 g/mol. The molecule has 0 saturated heterocycles. The van der Waals surface area contributed by atoms with E-state index in [1.165, 1.54) is 6.07 Å². The Morgan fingerprint density at radius 2 is 1.94 bits per heavy atom. The van der Waals surface area contributed by atoms with E-state index in [1.54, 1.807) is 18.2 Å². The summed E-state index contributed by atoms with van der Waals surface area (Å²) >= 11 is 0. The van der Waals surface area contributed by atoms with Gasteiger partial charge < -0.3 is 9.47 Å². The van der Waals surface area contributed by atoms with Crippen molar-refractivity contribution in [1.82, 2.24) is 0 Å². The van der Waals surface area contributed by atoms with Crippen LogP contribution in [0.3, 0.4) is 0 Å². The Hall–Kier alpha value is -1.58. The van der Waals surface area contributed by atoms with Crippen LogP contribution in [0.5, 0.6) is 11.5 Å². The van der Waals surface area contributed by atoms with Crippen LogP contribution < -0.4 is 9.47 Å². The first-order chi connectivity index (χ1) is 8.31. The summed E-state index contributed by atoms with van der Waals surface area (Å²) < 4.78 is 34.5. The fourth-order valence-electron chi connectivity index (χ4n) is 1.25.